The van der Waals surface area contributed by atoms with Crippen molar-refractivity contribution in [2.75, 3.05) is 19.6 Å². The molecule has 2 atom stereocenters. The zero-order valence-electron chi connectivity index (χ0n) is 11.8. The minimum Gasteiger partial charge on any atom is -0.370 e. The van der Waals surface area contributed by atoms with E-state index in [2.05, 4.69) is 5.32 Å². The van der Waals surface area contributed by atoms with Crippen LogP contribution < -0.4 is 11.1 Å². The van der Waals surface area contributed by atoms with Crippen LogP contribution in [0.1, 0.15) is 45.4 Å². The summed E-state index contributed by atoms with van der Waals surface area (Å²) in [5.74, 6) is 0.171. The van der Waals surface area contributed by atoms with Gasteiger partial charge in [-0.1, -0.05) is 0 Å². The summed E-state index contributed by atoms with van der Waals surface area (Å²) in [6.45, 7) is 4.41. The van der Waals surface area contributed by atoms with E-state index in [1.54, 1.807) is 0 Å². The van der Waals surface area contributed by atoms with E-state index in [0.717, 1.165) is 45.2 Å². The molecule has 0 bridgehead atoms. The number of hydrogen-bond donors (Lipinski definition) is 2. The molecule has 0 aromatic carbocycles. The third-order valence-corrected chi connectivity index (χ3v) is 4.39. The molecule has 5 nitrogen and oxygen atoms in total. The summed E-state index contributed by atoms with van der Waals surface area (Å²) < 4.78 is 0. The fraction of sp³-hybridized carbons (Fsp3) is 0.857. The number of carbonyl (C=O) groups excluding carboxylic acids is 2. The van der Waals surface area contributed by atoms with Gasteiger partial charge in [0.25, 0.3) is 0 Å². The quantitative estimate of drug-likeness (QED) is 0.787. The second-order valence-corrected chi connectivity index (χ2v) is 6.15. The van der Waals surface area contributed by atoms with Crippen molar-refractivity contribution < 1.29 is 9.59 Å². The van der Waals surface area contributed by atoms with Crippen molar-refractivity contribution in [2.24, 2.45) is 11.7 Å². The van der Waals surface area contributed by atoms with Gasteiger partial charge in [0.2, 0.25) is 11.8 Å². The highest BCUT2D eigenvalue weighted by molar-refractivity contribution is 5.86. The van der Waals surface area contributed by atoms with Gasteiger partial charge < -0.3 is 16.0 Å². The molecule has 2 heterocycles. The zero-order chi connectivity index (χ0) is 13.9. The van der Waals surface area contributed by atoms with E-state index in [1.807, 2.05) is 11.8 Å². The van der Waals surface area contributed by atoms with Crippen molar-refractivity contribution in [2.45, 2.75) is 51.0 Å². The molecule has 0 spiro atoms. The molecule has 2 saturated heterocycles. The van der Waals surface area contributed by atoms with Gasteiger partial charge in [0.05, 0.1) is 5.54 Å². The molecule has 2 amide bonds. The molecule has 108 valence electrons. The highest BCUT2D eigenvalue weighted by Crippen LogP contribution is 2.25. The number of amides is 2. The Kier molecular flexibility index (Phi) is 4.45. The normalized spacial score (nSPS) is 32.1. The summed E-state index contributed by atoms with van der Waals surface area (Å²) >= 11 is 0. The van der Waals surface area contributed by atoms with E-state index in [-0.39, 0.29) is 17.7 Å². The van der Waals surface area contributed by atoms with Gasteiger partial charge in [0.15, 0.2) is 0 Å². The maximum Gasteiger partial charge on any atom is 0.242 e. The monoisotopic (exact) mass is 267 g/mol. The van der Waals surface area contributed by atoms with Crippen LogP contribution in [0.4, 0.5) is 0 Å². The number of hydrogen-bond acceptors (Lipinski definition) is 3. The standard InChI is InChI=1S/C14H25N3O2/c1-14(6-2-3-7-16-14)13(19)17-8-4-5-11(10-17)9-12(15)18/h11,16H,2-10H2,1H3,(H2,15,18). The van der Waals surface area contributed by atoms with E-state index in [0.29, 0.717) is 13.0 Å². The Morgan fingerprint density at radius 1 is 1.37 bits per heavy atom. The average molecular weight is 267 g/mol. The van der Waals surface area contributed by atoms with Gasteiger partial charge in [-0.2, -0.15) is 0 Å². The first-order chi connectivity index (χ1) is 9.01. The second-order valence-electron chi connectivity index (χ2n) is 6.15. The average Bonchev–Trinajstić information content (AvgIpc) is 2.38. The minimum atomic E-state index is -0.410. The largest absolute Gasteiger partial charge is 0.370 e. The molecular weight excluding hydrogens is 242 g/mol. The van der Waals surface area contributed by atoms with E-state index in [4.69, 9.17) is 5.73 Å². The van der Waals surface area contributed by atoms with E-state index >= 15 is 0 Å². The van der Waals surface area contributed by atoms with Crippen molar-refractivity contribution in [3.63, 3.8) is 0 Å². The molecular formula is C14H25N3O2. The van der Waals surface area contributed by atoms with Gasteiger partial charge in [-0.15, -0.1) is 0 Å². The second kappa shape index (κ2) is 5.90. The van der Waals surface area contributed by atoms with Gasteiger partial charge in [0, 0.05) is 19.5 Å². The fourth-order valence-corrected chi connectivity index (χ4v) is 3.29. The molecule has 0 aliphatic carbocycles. The van der Waals surface area contributed by atoms with E-state index < -0.39 is 5.54 Å². The number of carbonyl (C=O) groups is 2. The zero-order valence-corrected chi connectivity index (χ0v) is 11.8. The van der Waals surface area contributed by atoms with Crippen LogP contribution in [0.5, 0.6) is 0 Å². The topological polar surface area (TPSA) is 75.4 Å². The molecule has 5 heteroatoms. The number of nitrogens with two attached hydrogens (primary N) is 1. The summed E-state index contributed by atoms with van der Waals surface area (Å²) in [5.41, 5.74) is 4.85. The van der Waals surface area contributed by atoms with E-state index in [1.165, 1.54) is 0 Å². The van der Waals surface area contributed by atoms with Gasteiger partial charge in [-0.05, 0) is 51.5 Å². The van der Waals surface area contributed by atoms with Crippen molar-refractivity contribution in [1.29, 1.82) is 0 Å². The Hall–Kier alpha value is -1.10. The maximum atomic E-state index is 12.7. The van der Waals surface area contributed by atoms with Gasteiger partial charge in [0.1, 0.15) is 0 Å². The van der Waals surface area contributed by atoms with Crippen molar-refractivity contribution >= 4 is 11.8 Å². The molecule has 19 heavy (non-hydrogen) atoms. The minimum absolute atomic E-state index is 0.196. The molecule has 2 fully saturated rings. The van der Waals surface area contributed by atoms with Crippen LogP contribution in [-0.4, -0.2) is 41.9 Å². The van der Waals surface area contributed by atoms with Crippen molar-refractivity contribution in [3.05, 3.63) is 0 Å². The van der Waals surface area contributed by atoms with Crippen molar-refractivity contribution in [1.82, 2.24) is 10.2 Å². The highest BCUT2D eigenvalue weighted by Gasteiger charge is 2.38. The lowest BCUT2D eigenvalue weighted by Crippen LogP contribution is -2.59. The lowest BCUT2D eigenvalue weighted by Gasteiger charge is -2.41. The Balaban J connectivity index is 1.96. The SMILES string of the molecule is CC1(C(=O)N2CCCC(CC(N)=O)C2)CCCCN1. The van der Waals surface area contributed by atoms with Crippen LogP contribution in [0.2, 0.25) is 0 Å². The summed E-state index contributed by atoms with van der Waals surface area (Å²) in [7, 11) is 0. The molecule has 0 saturated carbocycles. The third kappa shape index (κ3) is 3.47. The Morgan fingerprint density at radius 2 is 2.16 bits per heavy atom. The van der Waals surface area contributed by atoms with E-state index in [9.17, 15) is 9.59 Å². The Bertz CT molecular complexity index is 351. The number of likely N-dealkylation sites (tertiary alicyclic amines) is 1. The van der Waals surface area contributed by atoms with Crippen LogP contribution in [0.3, 0.4) is 0 Å². The number of nitrogens with one attached hydrogen (secondary N) is 1. The first-order valence-electron chi connectivity index (χ1n) is 7.34. The molecule has 2 unspecified atom stereocenters. The first-order valence-corrected chi connectivity index (χ1v) is 7.34. The Labute approximate surface area is 114 Å². The van der Waals surface area contributed by atoms with Gasteiger partial charge in [-0.3, -0.25) is 9.59 Å². The van der Waals surface area contributed by atoms with Gasteiger partial charge >= 0.3 is 0 Å². The van der Waals surface area contributed by atoms with Crippen molar-refractivity contribution in [3.8, 4) is 0 Å². The number of rotatable bonds is 3. The predicted octanol–water partition coefficient (Wildman–Crippen LogP) is 0.633. The van der Waals surface area contributed by atoms with Crippen LogP contribution >= 0.6 is 0 Å². The smallest absolute Gasteiger partial charge is 0.242 e. The Morgan fingerprint density at radius 3 is 2.79 bits per heavy atom. The first kappa shape index (κ1) is 14.3. The molecule has 0 aromatic rings. The molecule has 2 aliphatic rings. The molecule has 0 radical (unpaired) electrons. The lowest BCUT2D eigenvalue weighted by atomic mass is 9.87. The van der Waals surface area contributed by atoms with Gasteiger partial charge in [-0.25, -0.2) is 0 Å². The molecule has 2 rings (SSSR count). The maximum absolute atomic E-state index is 12.7. The molecule has 3 N–H and O–H groups in total. The number of piperidine rings is 2. The molecule has 0 aromatic heterocycles. The third-order valence-electron chi connectivity index (χ3n) is 4.39. The lowest BCUT2D eigenvalue weighted by molar-refractivity contribution is -0.141. The van der Waals surface area contributed by atoms with Crippen LogP contribution in [0.15, 0.2) is 0 Å². The predicted molar refractivity (Wildman–Crippen MR) is 73.4 cm³/mol. The highest BCUT2D eigenvalue weighted by atomic mass is 16.2. The van der Waals surface area contributed by atoms with Crippen LogP contribution in [-0.2, 0) is 9.59 Å². The summed E-state index contributed by atoms with van der Waals surface area (Å²) in [6.07, 6.45) is 5.52. The fourth-order valence-electron chi connectivity index (χ4n) is 3.29. The summed E-state index contributed by atoms with van der Waals surface area (Å²) in [5, 5.41) is 3.37. The number of nitrogens with zero attached hydrogens (tertiary/aromatic N) is 1. The summed E-state index contributed by atoms with van der Waals surface area (Å²) in [6, 6.07) is 0. The van der Waals surface area contributed by atoms with Crippen LogP contribution in [0.25, 0.3) is 0 Å². The number of primary amides is 1. The van der Waals surface area contributed by atoms with Crippen LogP contribution in [0, 0.1) is 5.92 Å². The summed E-state index contributed by atoms with van der Waals surface area (Å²) in [4.78, 5) is 25.6. The molecule has 2 aliphatic heterocycles.